The Bertz CT molecular complexity index is 482. The van der Waals surface area contributed by atoms with Crippen LogP contribution in [0, 0.1) is 17.8 Å². The fraction of sp³-hybridized carbons (Fsp3) is 0.400. The molecule has 3 N–H and O–H groups in total. The third-order valence-electron chi connectivity index (χ3n) is 3.40. The molecule has 0 spiro atoms. The summed E-state index contributed by atoms with van der Waals surface area (Å²) >= 11 is 0. The van der Waals surface area contributed by atoms with Crippen molar-refractivity contribution < 1.29 is 4.79 Å². The Hall–Kier alpha value is -1.79. The van der Waals surface area contributed by atoms with Gasteiger partial charge in [0.1, 0.15) is 0 Å². The van der Waals surface area contributed by atoms with E-state index in [4.69, 9.17) is 5.73 Å². The van der Waals surface area contributed by atoms with E-state index < -0.39 is 0 Å². The Balaban J connectivity index is 1.99. The van der Waals surface area contributed by atoms with Crippen molar-refractivity contribution in [2.24, 2.45) is 11.7 Å². The van der Waals surface area contributed by atoms with E-state index >= 15 is 0 Å². The lowest BCUT2D eigenvalue weighted by Gasteiger charge is -2.28. The van der Waals surface area contributed by atoms with Crippen molar-refractivity contribution in [1.29, 1.82) is 0 Å². The minimum atomic E-state index is -0.303. The number of rotatable bonds is 3. The highest BCUT2D eigenvalue weighted by molar-refractivity contribution is 5.94. The van der Waals surface area contributed by atoms with E-state index in [9.17, 15) is 4.79 Å². The van der Waals surface area contributed by atoms with Crippen molar-refractivity contribution >= 4 is 5.91 Å². The number of nitrogens with two attached hydrogens (primary N) is 1. The summed E-state index contributed by atoms with van der Waals surface area (Å²) in [5.74, 6) is 5.72. The summed E-state index contributed by atoms with van der Waals surface area (Å²) in [5, 5.41) is 2.94. The maximum absolute atomic E-state index is 11.8. The van der Waals surface area contributed by atoms with Crippen LogP contribution in [0.15, 0.2) is 30.3 Å². The SMILES string of the molecule is CC(CN)(NC(=O)C#Cc1ccccc1)C1CC1. The lowest BCUT2D eigenvalue weighted by Crippen LogP contribution is -2.52. The van der Waals surface area contributed by atoms with Gasteiger partial charge >= 0.3 is 0 Å². The van der Waals surface area contributed by atoms with Crippen LogP contribution >= 0.6 is 0 Å². The van der Waals surface area contributed by atoms with Crippen LogP contribution in [0.3, 0.4) is 0 Å². The van der Waals surface area contributed by atoms with Gasteiger partial charge in [-0.2, -0.15) is 0 Å². The second-order valence-electron chi connectivity index (χ2n) is 4.97. The van der Waals surface area contributed by atoms with Crippen molar-refractivity contribution in [2.45, 2.75) is 25.3 Å². The topological polar surface area (TPSA) is 55.1 Å². The van der Waals surface area contributed by atoms with Gasteiger partial charge in [0.25, 0.3) is 5.91 Å². The number of benzene rings is 1. The Labute approximate surface area is 108 Å². The van der Waals surface area contributed by atoms with Gasteiger partial charge in [-0.05, 0) is 37.8 Å². The first kappa shape index (κ1) is 12.7. The van der Waals surface area contributed by atoms with Crippen LogP contribution in [-0.4, -0.2) is 18.0 Å². The Morgan fingerprint density at radius 2 is 2.11 bits per heavy atom. The highest BCUT2D eigenvalue weighted by atomic mass is 16.1. The second-order valence-corrected chi connectivity index (χ2v) is 4.97. The highest BCUT2D eigenvalue weighted by Gasteiger charge is 2.41. The largest absolute Gasteiger partial charge is 0.339 e. The molecule has 1 atom stereocenters. The third-order valence-corrected chi connectivity index (χ3v) is 3.40. The molecule has 0 heterocycles. The molecular weight excluding hydrogens is 224 g/mol. The number of carbonyl (C=O) groups is 1. The quantitative estimate of drug-likeness (QED) is 0.785. The number of hydrogen-bond acceptors (Lipinski definition) is 2. The van der Waals surface area contributed by atoms with Gasteiger partial charge in [0.15, 0.2) is 0 Å². The van der Waals surface area contributed by atoms with Gasteiger partial charge in [0.2, 0.25) is 0 Å². The maximum atomic E-state index is 11.8. The Kier molecular flexibility index (Phi) is 3.69. The molecule has 0 saturated heterocycles. The molecule has 18 heavy (non-hydrogen) atoms. The van der Waals surface area contributed by atoms with Gasteiger partial charge in [0, 0.05) is 18.0 Å². The smallest absolute Gasteiger partial charge is 0.296 e. The summed E-state index contributed by atoms with van der Waals surface area (Å²) in [6.07, 6.45) is 2.28. The monoisotopic (exact) mass is 242 g/mol. The van der Waals surface area contributed by atoms with Crippen molar-refractivity contribution in [2.75, 3.05) is 6.54 Å². The number of nitrogens with one attached hydrogen (secondary N) is 1. The van der Waals surface area contributed by atoms with E-state index in [1.165, 1.54) is 0 Å². The van der Waals surface area contributed by atoms with Crippen LogP contribution in [0.2, 0.25) is 0 Å². The first-order chi connectivity index (χ1) is 8.64. The lowest BCUT2D eigenvalue weighted by atomic mass is 9.96. The molecule has 3 nitrogen and oxygen atoms in total. The Morgan fingerprint density at radius 3 is 2.67 bits per heavy atom. The molecule has 1 fully saturated rings. The number of carbonyl (C=O) groups excluding carboxylic acids is 1. The summed E-state index contributed by atoms with van der Waals surface area (Å²) in [4.78, 5) is 11.8. The highest BCUT2D eigenvalue weighted by Crippen LogP contribution is 2.38. The zero-order valence-electron chi connectivity index (χ0n) is 10.6. The molecule has 1 aliphatic carbocycles. The van der Waals surface area contributed by atoms with Gasteiger partial charge in [-0.15, -0.1) is 0 Å². The minimum Gasteiger partial charge on any atom is -0.339 e. The average Bonchev–Trinajstić information content (AvgIpc) is 3.22. The van der Waals surface area contributed by atoms with Gasteiger partial charge in [-0.3, -0.25) is 4.79 Å². The average molecular weight is 242 g/mol. The summed E-state index contributed by atoms with van der Waals surface area (Å²) in [6, 6.07) is 9.47. The first-order valence-corrected chi connectivity index (χ1v) is 6.23. The molecule has 0 aromatic heterocycles. The van der Waals surface area contributed by atoms with Crippen LogP contribution in [0.4, 0.5) is 0 Å². The van der Waals surface area contributed by atoms with Crippen molar-refractivity contribution in [3.8, 4) is 11.8 Å². The molecule has 94 valence electrons. The summed E-state index contributed by atoms with van der Waals surface area (Å²) in [7, 11) is 0. The molecule has 1 unspecified atom stereocenters. The van der Waals surface area contributed by atoms with Crippen molar-refractivity contribution in [3.05, 3.63) is 35.9 Å². The van der Waals surface area contributed by atoms with E-state index in [1.807, 2.05) is 37.3 Å². The van der Waals surface area contributed by atoms with Gasteiger partial charge in [-0.25, -0.2) is 0 Å². The van der Waals surface area contributed by atoms with Crippen molar-refractivity contribution in [1.82, 2.24) is 5.32 Å². The first-order valence-electron chi connectivity index (χ1n) is 6.23. The molecule has 1 aromatic carbocycles. The second kappa shape index (κ2) is 5.24. The molecule has 1 aromatic rings. The zero-order valence-corrected chi connectivity index (χ0v) is 10.6. The number of amides is 1. The molecule has 0 aliphatic heterocycles. The van der Waals surface area contributed by atoms with Gasteiger partial charge < -0.3 is 11.1 Å². The Morgan fingerprint density at radius 1 is 1.44 bits per heavy atom. The predicted molar refractivity (Wildman–Crippen MR) is 71.6 cm³/mol. The predicted octanol–water partition coefficient (Wildman–Crippen LogP) is 1.28. The molecule has 3 heteroatoms. The van der Waals surface area contributed by atoms with Crippen LogP contribution in [0.1, 0.15) is 25.3 Å². The standard InChI is InChI=1S/C15H18N2O/c1-15(11-16,13-8-9-13)17-14(18)10-7-12-5-3-2-4-6-12/h2-6,13H,8-9,11,16H2,1H3,(H,17,18). The fourth-order valence-electron chi connectivity index (χ4n) is 1.98. The van der Waals surface area contributed by atoms with Gasteiger partial charge in [0.05, 0.1) is 5.54 Å². The summed E-state index contributed by atoms with van der Waals surface area (Å²) in [6.45, 7) is 2.45. The van der Waals surface area contributed by atoms with Crippen molar-refractivity contribution in [3.63, 3.8) is 0 Å². The third kappa shape index (κ3) is 3.12. The zero-order chi connectivity index (χ0) is 13.0. The molecule has 0 radical (unpaired) electrons. The molecule has 0 bridgehead atoms. The van der Waals surface area contributed by atoms with Crippen LogP contribution in [0.5, 0.6) is 0 Å². The molecule has 1 aliphatic rings. The van der Waals surface area contributed by atoms with Gasteiger partial charge in [-0.1, -0.05) is 24.1 Å². The minimum absolute atomic E-state index is 0.251. The summed E-state index contributed by atoms with van der Waals surface area (Å²) < 4.78 is 0. The molecular formula is C15H18N2O. The van der Waals surface area contributed by atoms with E-state index in [0.717, 1.165) is 18.4 Å². The van der Waals surface area contributed by atoms with Crippen LogP contribution < -0.4 is 11.1 Å². The number of hydrogen-bond donors (Lipinski definition) is 2. The summed E-state index contributed by atoms with van der Waals surface area (Å²) in [5.41, 5.74) is 6.28. The van der Waals surface area contributed by atoms with E-state index in [2.05, 4.69) is 17.2 Å². The fourth-order valence-corrected chi connectivity index (χ4v) is 1.98. The van der Waals surface area contributed by atoms with Crippen LogP contribution in [-0.2, 0) is 4.79 Å². The molecule has 1 saturated carbocycles. The molecule has 2 rings (SSSR count). The van der Waals surface area contributed by atoms with E-state index in [0.29, 0.717) is 12.5 Å². The normalized spacial score (nSPS) is 17.2. The maximum Gasteiger partial charge on any atom is 0.296 e. The van der Waals surface area contributed by atoms with E-state index in [1.54, 1.807) is 0 Å². The van der Waals surface area contributed by atoms with E-state index in [-0.39, 0.29) is 11.4 Å². The molecule has 1 amide bonds. The lowest BCUT2D eigenvalue weighted by molar-refractivity contribution is -0.117. The van der Waals surface area contributed by atoms with Crippen LogP contribution in [0.25, 0.3) is 0 Å².